The van der Waals surface area contributed by atoms with Crippen molar-refractivity contribution in [2.24, 2.45) is 0 Å². The molecule has 1 aliphatic rings. The van der Waals surface area contributed by atoms with Crippen LogP contribution in [-0.4, -0.2) is 32.9 Å². The zero-order valence-electron chi connectivity index (χ0n) is 17.2. The van der Waals surface area contributed by atoms with Crippen LogP contribution in [0.1, 0.15) is 28.0 Å². The van der Waals surface area contributed by atoms with Crippen molar-refractivity contribution < 1.29 is 4.74 Å². The normalized spacial score (nSPS) is 15.7. The Balaban J connectivity index is 1.37. The third-order valence-corrected chi connectivity index (χ3v) is 6.93. The molecule has 0 saturated carbocycles. The Bertz CT molecular complexity index is 1270. The average molecular weight is 434 g/mol. The molecule has 5 rings (SSSR count). The predicted octanol–water partition coefficient (Wildman–Crippen LogP) is 2.95. The van der Waals surface area contributed by atoms with Crippen molar-refractivity contribution in [2.75, 3.05) is 7.11 Å². The first-order valence-electron chi connectivity index (χ1n) is 10.3. The molecule has 7 nitrogen and oxygen atoms in total. The third-order valence-electron chi connectivity index (χ3n) is 5.76. The van der Waals surface area contributed by atoms with E-state index in [2.05, 4.69) is 20.5 Å². The van der Waals surface area contributed by atoms with Gasteiger partial charge in [-0.15, -0.1) is 11.3 Å². The van der Waals surface area contributed by atoms with Gasteiger partial charge in [0.05, 0.1) is 31.6 Å². The number of nitrogens with zero attached hydrogens (tertiary/aromatic N) is 4. The summed E-state index contributed by atoms with van der Waals surface area (Å²) in [7, 11) is 1.65. The topological polar surface area (TPSA) is 81.9 Å². The van der Waals surface area contributed by atoms with Gasteiger partial charge in [-0.05, 0) is 54.2 Å². The number of methoxy groups -OCH3 is 1. The van der Waals surface area contributed by atoms with Crippen LogP contribution < -0.4 is 15.6 Å². The van der Waals surface area contributed by atoms with E-state index in [9.17, 15) is 4.79 Å². The molecular weight excluding hydrogens is 410 g/mol. The van der Waals surface area contributed by atoms with E-state index in [0.29, 0.717) is 12.6 Å². The molecule has 0 radical (unpaired) electrons. The van der Waals surface area contributed by atoms with Gasteiger partial charge < -0.3 is 10.1 Å². The molecule has 0 aliphatic heterocycles. The molecule has 158 valence electrons. The first-order valence-corrected chi connectivity index (χ1v) is 11.1. The minimum atomic E-state index is 0.0413. The maximum absolute atomic E-state index is 13.3. The highest BCUT2D eigenvalue weighted by Crippen LogP contribution is 2.33. The SMILES string of the molecule is COc1cccc(Cn2cnc3sc4c(c3c2=O)CCC(NCc2ccnnc2)C4)c1. The van der Waals surface area contributed by atoms with Crippen molar-refractivity contribution in [3.8, 4) is 5.75 Å². The fourth-order valence-corrected chi connectivity index (χ4v) is 5.40. The zero-order valence-corrected chi connectivity index (χ0v) is 18.1. The van der Waals surface area contributed by atoms with Crippen molar-refractivity contribution in [2.45, 2.75) is 38.4 Å². The van der Waals surface area contributed by atoms with Gasteiger partial charge in [0.1, 0.15) is 10.6 Å². The number of hydrogen-bond acceptors (Lipinski definition) is 7. The molecule has 3 heterocycles. The molecule has 4 aromatic rings. The Morgan fingerprint density at radius 3 is 3.03 bits per heavy atom. The molecule has 0 amide bonds. The van der Waals surface area contributed by atoms with E-state index < -0.39 is 0 Å². The smallest absolute Gasteiger partial charge is 0.262 e. The summed E-state index contributed by atoms with van der Waals surface area (Å²) in [6.45, 7) is 1.25. The lowest BCUT2D eigenvalue weighted by Gasteiger charge is -2.23. The van der Waals surface area contributed by atoms with Crippen LogP contribution in [0.3, 0.4) is 0 Å². The van der Waals surface area contributed by atoms with Gasteiger partial charge in [0.25, 0.3) is 5.56 Å². The number of nitrogens with one attached hydrogen (secondary N) is 1. The van der Waals surface area contributed by atoms with E-state index in [4.69, 9.17) is 4.74 Å². The number of aromatic nitrogens is 4. The maximum Gasteiger partial charge on any atom is 0.262 e. The van der Waals surface area contributed by atoms with Gasteiger partial charge in [-0.3, -0.25) is 9.36 Å². The Labute approximate surface area is 183 Å². The molecule has 1 aliphatic carbocycles. The molecule has 3 aromatic heterocycles. The van der Waals surface area contributed by atoms with Crippen LogP contribution in [-0.2, 0) is 25.9 Å². The maximum atomic E-state index is 13.3. The minimum Gasteiger partial charge on any atom is -0.497 e. The molecular formula is C23H23N5O2S. The number of benzene rings is 1. The fraction of sp³-hybridized carbons (Fsp3) is 0.304. The van der Waals surface area contributed by atoms with Crippen LogP contribution in [0, 0.1) is 0 Å². The summed E-state index contributed by atoms with van der Waals surface area (Å²) in [5.41, 5.74) is 3.36. The van der Waals surface area contributed by atoms with Crippen LogP contribution in [0.15, 0.2) is 53.8 Å². The molecule has 0 bridgehead atoms. The second-order valence-corrected chi connectivity index (χ2v) is 8.87. The molecule has 1 N–H and O–H groups in total. The standard InChI is InChI=1S/C23H23N5O2S/c1-30-18-4-2-3-15(9-18)13-28-14-25-22-21(23(28)29)19-6-5-17(10-20(19)31-22)24-11-16-7-8-26-27-12-16/h2-4,7-9,12,14,17,24H,5-6,10-11,13H2,1H3. The molecule has 1 aromatic carbocycles. The van der Waals surface area contributed by atoms with Gasteiger partial charge >= 0.3 is 0 Å². The molecule has 8 heteroatoms. The number of fused-ring (bicyclic) bond motifs is 3. The summed E-state index contributed by atoms with van der Waals surface area (Å²) < 4.78 is 7.00. The van der Waals surface area contributed by atoms with Crippen LogP contribution in [0.4, 0.5) is 0 Å². The third kappa shape index (κ3) is 4.08. The van der Waals surface area contributed by atoms with Crippen molar-refractivity contribution in [3.05, 3.63) is 81.0 Å². The van der Waals surface area contributed by atoms with Crippen LogP contribution in [0.5, 0.6) is 5.75 Å². The molecule has 0 saturated heterocycles. The highest BCUT2D eigenvalue weighted by molar-refractivity contribution is 7.18. The van der Waals surface area contributed by atoms with Gasteiger partial charge in [0.2, 0.25) is 0 Å². The monoisotopic (exact) mass is 433 g/mol. The molecule has 1 atom stereocenters. The van der Waals surface area contributed by atoms with Gasteiger partial charge in [-0.1, -0.05) is 12.1 Å². The van der Waals surface area contributed by atoms with Gasteiger partial charge in [-0.25, -0.2) is 4.98 Å². The highest BCUT2D eigenvalue weighted by Gasteiger charge is 2.25. The van der Waals surface area contributed by atoms with E-state index in [1.165, 1.54) is 10.4 Å². The summed E-state index contributed by atoms with van der Waals surface area (Å²) in [6, 6.07) is 10.1. The lowest BCUT2D eigenvalue weighted by Crippen LogP contribution is -2.33. The summed E-state index contributed by atoms with van der Waals surface area (Å²) in [5, 5.41) is 12.2. The predicted molar refractivity (Wildman–Crippen MR) is 121 cm³/mol. The van der Waals surface area contributed by atoms with Crippen molar-refractivity contribution in [3.63, 3.8) is 0 Å². The zero-order chi connectivity index (χ0) is 21.2. The van der Waals surface area contributed by atoms with Gasteiger partial charge in [0, 0.05) is 23.7 Å². The van der Waals surface area contributed by atoms with Crippen molar-refractivity contribution in [1.29, 1.82) is 0 Å². The van der Waals surface area contributed by atoms with Crippen LogP contribution in [0.2, 0.25) is 0 Å². The fourth-order valence-electron chi connectivity index (χ4n) is 4.14. The first kappa shape index (κ1) is 19.8. The number of aryl methyl sites for hydroxylation is 1. The Morgan fingerprint density at radius 2 is 2.19 bits per heavy atom. The van der Waals surface area contributed by atoms with Gasteiger partial charge in [0.15, 0.2) is 0 Å². The number of ether oxygens (including phenoxy) is 1. The Kier molecular flexibility index (Phi) is 5.48. The minimum absolute atomic E-state index is 0.0413. The Hall–Kier alpha value is -3.10. The van der Waals surface area contributed by atoms with E-state index in [0.717, 1.165) is 52.9 Å². The van der Waals surface area contributed by atoms with E-state index in [1.807, 2.05) is 30.3 Å². The van der Waals surface area contributed by atoms with Crippen molar-refractivity contribution >= 4 is 21.6 Å². The molecule has 0 fully saturated rings. The number of hydrogen-bond donors (Lipinski definition) is 1. The summed E-state index contributed by atoms with van der Waals surface area (Å²) in [5.74, 6) is 0.786. The average Bonchev–Trinajstić information content (AvgIpc) is 3.19. The second kappa shape index (κ2) is 8.56. The molecule has 1 unspecified atom stereocenters. The number of rotatable bonds is 6. The highest BCUT2D eigenvalue weighted by atomic mass is 32.1. The summed E-state index contributed by atoms with van der Waals surface area (Å²) in [4.78, 5) is 20.0. The van der Waals surface area contributed by atoms with Crippen LogP contribution >= 0.6 is 11.3 Å². The second-order valence-electron chi connectivity index (χ2n) is 7.78. The lowest BCUT2D eigenvalue weighted by molar-refractivity contribution is 0.414. The lowest BCUT2D eigenvalue weighted by atomic mass is 9.93. The van der Waals surface area contributed by atoms with Gasteiger partial charge in [-0.2, -0.15) is 10.2 Å². The van der Waals surface area contributed by atoms with E-state index in [-0.39, 0.29) is 5.56 Å². The first-order chi connectivity index (χ1) is 15.2. The van der Waals surface area contributed by atoms with Crippen LogP contribution in [0.25, 0.3) is 10.2 Å². The quantitative estimate of drug-likeness (QED) is 0.504. The van der Waals surface area contributed by atoms with E-state index >= 15 is 0 Å². The van der Waals surface area contributed by atoms with E-state index in [1.54, 1.807) is 41.7 Å². The Morgan fingerprint density at radius 1 is 1.26 bits per heavy atom. The van der Waals surface area contributed by atoms with Crippen molar-refractivity contribution in [1.82, 2.24) is 25.1 Å². The largest absolute Gasteiger partial charge is 0.497 e. The number of thiophene rings is 1. The summed E-state index contributed by atoms with van der Waals surface area (Å²) in [6.07, 6.45) is 7.98. The molecule has 31 heavy (non-hydrogen) atoms. The summed E-state index contributed by atoms with van der Waals surface area (Å²) >= 11 is 1.65. The molecule has 0 spiro atoms.